The van der Waals surface area contributed by atoms with Gasteiger partial charge in [-0.2, -0.15) is 0 Å². The summed E-state index contributed by atoms with van der Waals surface area (Å²) >= 11 is 0. The summed E-state index contributed by atoms with van der Waals surface area (Å²) in [5.74, 6) is 0.0109. The minimum absolute atomic E-state index is 0.0441. The molecule has 0 saturated heterocycles. The van der Waals surface area contributed by atoms with E-state index in [4.69, 9.17) is 4.74 Å². The molecular weight excluding hydrogens is 318 g/mol. The zero-order valence-electron chi connectivity index (χ0n) is 14.5. The smallest absolute Gasteiger partial charge is 0.335 e. The lowest BCUT2D eigenvalue weighted by molar-refractivity contribution is -0.136. The Bertz CT molecular complexity index is 730. The van der Waals surface area contributed by atoms with Crippen LogP contribution in [0.15, 0.2) is 35.1 Å². The van der Waals surface area contributed by atoms with Crippen LogP contribution in [0.1, 0.15) is 38.5 Å². The molecule has 2 aliphatic heterocycles. The second-order valence-electron chi connectivity index (χ2n) is 7.37. The molecule has 0 bridgehead atoms. The van der Waals surface area contributed by atoms with Crippen molar-refractivity contribution in [1.82, 2.24) is 4.90 Å². The Morgan fingerprint density at radius 1 is 1.24 bits per heavy atom. The number of methoxy groups -OCH3 is 1. The molecule has 25 heavy (non-hydrogen) atoms. The van der Waals surface area contributed by atoms with Crippen molar-refractivity contribution >= 4 is 17.7 Å². The van der Waals surface area contributed by atoms with Crippen LogP contribution in [0.4, 0.5) is 0 Å². The second kappa shape index (κ2) is 6.28. The molecule has 0 aromatic rings. The van der Waals surface area contributed by atoms with Crippen LogP contribution in [0.25, 0.3) is 0 Å². The Morgan fingerprint density at radius 3 is 2.84 bits per heavy atom. The molecule has 132 valence electrons. The summed E-state index contributed by atoms with van der Waals surface area (Å²) in [7, 11) is 1.34. The molecule has 4 aliphatic rings. The number of esters is 1. The predicted octanol–water partition coefficient (Wildman–Crippen LogP) is 2.54. The van der Waals surface area contributed by atoms with Crippen LogP contribution in [-0.4, -0.2) is 36.2 Å². The third-order valence-electron chi connectivity index (χ3n) is 6.14. The number of allylic oxidation sites excluding steroid dienone is 3. The van der Waals surface area contributed by atoms with Gasteiger partial charge < -0.3 is 9.64 Å². The maximum Gasteiger partial charge on any atom is 0.335 e. The fraction of sp³-hybridized carbons (Fsp3) is 0.550. The number of amides is 1. The summed E-state index contributed by atoms with van der Waals surface area (Å²) in [6, 6.07) is 0. The van der Waals surface area contributed by atoms with E-state index in [9.17, 15) is 14.4 Å². The van der Waals surface area contributed by atoms with Crippen LogP contribution >= 0.6 is 0 Å². The van der Waals surface area contributed by atoms with E-state index in [2.05, 4.69) is 12.2 Å². The van der Waals surface area contributed by atoms with E-state index in [1.165, 1.54) is 13.5 Å². The van der Waals surface area contributed by atoms with Gasteiger partial charge in [0.05, 0.1) is 24.0 Å². The van der Waals surface area contributed by atoms with Gasteiger partial charge in [0, 0.05) is 12.5 Å². The van der Waals surface area contributed by atoms with Crippen LogP contribution in [0.2, 0.25) is 0 Å². The van der Waals surface area contributed by atoms with Crippen molar-refractivity contribution < 1.29 is 19.1 Å². The third-order valence-corrected chi connectivity index (χ3v) is 6.14. The lowest BCUT2D eigenvalue weighted by Crippen LogP contribution is -2.36. The van der Waals surface area contributed by atoms with Gasteiger partial charge in [0.15, 0.2) is 5.78 Å². The number of rotatable bonds is 3. The molecule has 0 aromatic carbocycles. The van der Waals surface area contributed by atoms with Crippen LogP contribution in [0, 0.1) is 17.8 Å². The van der Waals surface area contributed by atoms with Crippen molar-refractivity contribution in [2.75, 3.05) is 13.7 Å². The maximum atomic E-state index is 13.2. The fourth-order valence-corrected chi connectivity index (χ4v) is 4.86. The molecule has 1 saturated carbocycles. The Balaban J connectivity index is 1.63. The minimum atomic E-state index is -0.414. The van der Waals surface area contributed by atoms with E-state index in [1.807, 2.05) is 0 Å². The molecule has 1 fully saturated rings. The van der Waals surface area contributed by atoms with Gasteiger partial charge in [0.1, 0.15) is 0 Å². The first-order chi connectivity index (χ1) is 12.1. The zero-order chi connectivity index (χ0) is 17.6. The van der Waals surface area contributed by atoms with Crippen molar-refractivity contribution in [3.63, 3.8) is 0 Å². The molecule has 0 spiro atoms. The summed E-state index contributed by atoms with van der Waals surface area (Å²) in [5, 5.41) is 0. The summed E-state index contributed by atoms with van der Waals surface area (Å²) < 4.78 is 4.80. The zero-order valence-corrected chi connectivity index (χ0v) is 14.5. The highest BCUT2D eigenvalue weighted by Gasteiger charge is 2.44. The molecule has 5 heteroatoms. The number of hydrogen-bond donors (Lipinski definition) is 0. The Labute approximate surface area is 147 Å². The van der Waals surface area contributed by atoms with Gasteiger partial charge in [-0.25, -0.2) is 4.79 Å². The minimum Gasteiger partial charge on any atom is -0.466 e. The Morgan fingerprint density at radius 2 is 2.04 bits per heavy atom. The number of carbonyl (C=O) groups excluding carboxylic acids is 3. The predicted molar refractivity (Wildman–Crippen MR) is 91.2 cm³/mol. The number of Topliss-reactive ketones (excluding diaryl/α,β-unsaturated/α-hetero) is 1. The summed E-state index contributed by atoms with van der Waals surface area (Å²) in [6.45, 7) is 0.447. The van der Waals surface area contributed by atoms with E-state index in [1.54, 1.807) is 11.0 Å². The van der Waals surface area contributed by atoms with Gasteiger partial charge in [-0.05, 0) is 43.6 Å². The van der Waals surface area contributed by atoms with Crippen LogP contribution < -0.4 is 0 Å². The summed E-state index contributed by atoms with van der Waals surface area (Å²) in [5.41, 5.74) is 1.31. The summed E-state index contributed by atoms with van der Waals surface area (Å²) in [4.78, 5) is 39.3. The molecule has 3 atom stereocenters. The largest absolute Gasteiger partial charge is 0.466 e. The van der Waals surface area contributed by atoms with Crippen molar-refractivity contribution in [1.29, 1.82) is 0 Å². The normalized spacial score (nSPS) is 30.9. The molecular formula is C20H23NO4. The van der Waals surface area contributed by atoms with Crippen molar-refractivity contribution in [2.45, 2.75) is 38.5 Å². The lowest BCUT2D eigenvalue weighted by Gasteiger charge is -2.37. The van der Waals surface area contributed by atoms with Gasteiger partial charge in [-0.3, -0.25) is 9.59 Å². The van der Waals surface area contributed by atoms with E-state index in [-0.39, 0.29) is 23.2 Å². The molecule has 2 heterocycles. The lowest BCUT2D eigenvalue weighted by atomic mass is 9.66. The van der Waals surface area contributed by atoms with Crippen LogP contribution in [0.3, 0.4) is 0 Å². The Hall–Kier alpha value is -2.17. The number of nitrogens with zero attached hydrogens (tertiary/aromatic N) is 1. The number of ketones is 1. The van der Waals surface area contributed by atoms with E-state index >= 15 is 0 Å². The number of fused-ring (bicyclic) bond motifs is 2. The van der Waals surface area contributed by atoms with Crippen molar-refractivity contribution in [2.24, 2.45) is 17.8 Å². The first-order valence-electron chi connectivity index (χ1n) is 9.17. The maximum absolute atomic E-state index is 13.2. The van der Waals surface area contributed by atoms with E-state index < -0.39 is 5.97 Å². The second-order valence-corrected chi connectivity index (χ2v) is 7.37. The molecule has 5 nitrogen and oxygen atoms in total. The molecule has 4 rings (SSSR count). The van der Waals surface area contributed by atoms with Crippen LogP contribution in [0.5, 0.6) is 0 Å². The highest BCUT2D eigenvalue weighted by molar-refractivity contribution is 6.23. The quantitative estimate of drug-likeness (QED) is 0.450. The van der Waals surface area contributed by atoms with E-state index in [0.717, 1.165) is 19.3 Å². The van der Waals surface area contributed by atoms with Gasteiger partial charge in [0.2, 0.25) is 0 Å². The molecule has 0 aromatic heterocycles. The van der Waals surface area contributed by atoms with E-state index in [0.29, 0.717) is 42.5 Å². The Kier molecular flexibility index (Phi) is 4.10. The first-order valence-corrected chi connectivity index (χ1v) is 9.17. The standard InChI is InChI=1S/C20H23NO4/c1-25-20(24)15-9-10-21-17(15)11-16(19(21)23)18(22)14-8-4-6-12-5-2-3-7-13(12)14/h4,6,11-14H,2-3,5,7-10H2,1H3/t12-,13?,14?/m1/s1. The highest BCUT2D eigenvalue weighted by Crippen LogP contribution is 2.43. The molecule has 0 radical (unpaired) electrons. The van der Waals surface area contributed by atoms with Gasteiger partial charge >= 0.3 is 5.97 Å². The van der Waals surface area contributed by atoms with Gasteiger partial charge in [0.25, 0.3) is 5.91 Å². The molecule has 1 amide bonds. The monoisotopic (exact) mass is 341 g/mol. The first kappa shape index (κ1) is 16.3. The molecule has 2 unspecified atom stereocenters. The third kappa shape index (κ3) is 2.57. The molecule has 2 aliphatic carbocycles. The van der Waals surface area contributed by atoms with Gasteiger partial charge in [-0.1, -0.05) is 25.0 Å². The number of hydrogen-bond acceptors (Lipinski definition) is 4. The topological polar surface area (TPSA) is 63.7 Å². The van der Waals surface area contributed by atoms with Crippen molar-refractivity contribution in [3.8, 4) is 0 Å². The van der Waals surface area contributed by atoms with Gasteiger partial charge in [-0.15, -0.1) is 0 Å². The average molecular weight is 341 g/mol. The van der Waals surface area contributed by atoms with Crippen LogP contribution in [-0.2, 0) is 19.1 Å². The summed E-state index contributed by atoms with van der Waals surface area (Å²) in [6.07, 6.45) is 11.8. The average Bonchev–Trinajstić information content (AvgIpc) is 3.20. The van der Waals surface area contributed by atoms with Crippen molar-refractivity contribution in [3.05, 3.63) is 35.1 Å². The number of ether oxygens (including phenoxy) is 1. The fourth-order valence-electron chi connectivity index (χ4n) is 4.86. The highest BCUT2D eigenvalue weighted by atomic mass is 16.5. The number of carbonyl (C=O) groups is 3. The SMILES string of the molecule is COC(=O)C1=C2C=C(C(=O)C3CC=C[C@H]4CCCCC34)C(=O)N2CC1. The molecule has 0 N–H and O–H groups in total.